The third kappa shape index (κ3) is 4.48. The van der Waals surface area contributed by atoms with Crippen molar-refractivity contribution in [2.75, 3.05) is 34.5 Å². The molecule has 5 heteroatoms. The summed E-state index contributed by atoms with van der Waals surface area (Å²) in [6.07, 6.45) is 1.99. The molecule has 27 heavy (non-hydrogen) atoms. The maximum atomic E-state index is 5.97. The Morgan fingerprint density at radius 3 is 2.26 bits per heavy atom. The van der Waals surface area contributed by atoms with E-state index in [1.54, 1.807) is 21.3 Å². The molecule has 1 aliphatic rings. The van der Waals surface area contributed by atoms with Gasteiger partial charge in [-0.2, -0.15) is 0 Å². The lowest BCUT2D eigenvalue weighted by Gasteiger charge is -2.18. The molecule has 1 fully saturated rings. The summed E-state index contributed by atoms with van der Waals surface area (Å²) in [5.74, 6) is 3.45. The third-order valence-corrected chi connectivity index (χ3v) is 5.00. The van der Waals surface area contributed by atoms with Crippen molar-refractivity contribution in [2.45, 2.75) is 25.9 Å². The molecule has 0 N–H and O–H groups in total. The number of hydrogen-bond acceptors (Lipinski definition) is 5. The number of ether oxygens (including phenoxy) is 5. The second-order valence-corrected chi connectivity index (χ2v) is 6.76. The Balaban J connectivity index is 1.64. The van der Waals surface area contributed by atoms with Crippen LogP contribution < -0.4 is 18.9 Å². The number of benzene rings is 2. The Hall–Kier alpha value is -2.40. The monoisotopic (exact) mass is 372 g/mol. The maximum absolute atomic E-state index is 5.97. The summed E-state index contributed by atoms with van der Waals surface area (Å²) in [6, 6.07) is 12.0. The molecule has 5 nitrogen and oxygen atoms in total. The van der Waals surface area contributed by atoms with Gasteiger partial charge in [0, 0.05) is 13.0 Å². The zero-order valence-electron chi connectivity index (χ0n) is 16.5. The topological polar surface area (TPSA) is 46.2 Å². The number of methoxy groups -OCH3 is 3. The Labute approximate surface area is 161 Å². The fourth-order valence-electron chi connectivity index (χ4n) is 3.42. The van der Waals surface area contributed by atoms with Crippen LogP contribution in [0, 0.1) is 5.92 Å². The molecule has 0 saturated carbocycles. The van der Waals surface area contributed by atoms with E-state index in [1.165, 1.54) is 0 Å². The van der Waals surface area contributed by atoms with Crippen LogP contribution in [0.15, 0.2) is 36.4 Å². The van der Waals surface area contributed by atoms with Crippen LogP contribution >= 0.6 is 0 Å². The summed E-state index contributed by atoms with van der Waals surface area (Å²) in [7, 11) is 4.94. The minimum atomic E-state index is 0.139. The first-order chi connectivity index (χ1) is 13.2. The van der Waals surface area contributed by atoms with Crippen molar-refractivity contribution in [3.8, 4) is 23.0 Å². The smallest absolute Gasteiger partial charge is 0.161 e. The highest BCUT2D eigenvalue weighted by Gasteiger charge is 2.26. The number of hydrogen-bond donors (Lipinski definition) is 0. The summed E-state index contributed by atoms with van der Waals surface area (Å²) in [6.45, 7) is 3.58. The van der Waals surface area contributed by atoms with Gasteiger partial charge in [-0.1, -0.05) is 19.1 Å². The molecule has 3 rings (SSSR count). The first kappa shape index (κ1) is 19.4. The molecular weight excluding hydrogens is 344 g/mol. The van der Waals surface area contributed by atoms with Gasteiger partial charge >= 0.3 is 0 Å². The molecule has 1 aliphatic heterocycles. The van der Waals surface area contributed by atoms with E-state index in [1.807, 2.05) is 30.3 Å². The van der Waals surface area contributed by atoms with Crippen LogP contribution in [0.2, 0.25) is 0 Å². The van der Waals surface area contributed by atoms with Crippen LogP contribution in [0.5, 0.6) is 23.0 Å². The van der Waals surface area contributed by atoms with E-state index < -0.39 is 0 Å². The summed E-state index contributed by atoms with van der Waals surface area (Å²) in [5.41, 5.74) is 2.26. The van der Waals surface area contributed by atoms with Crippen LogP contribution in [0.1, 0.15) is 30.6 Å². The lowest BCUT2D eigenvalue weighted by Crippen LogP contribution is -2.06. The fraction of sp³-hybridized carbons (Fsp3) is 0.455. The van der Waals surface area contributed by atoms with Crippen molar-refractivity contribution in [1.29, 1.82) is 0 Å². The second kappa shape index (κ2) is 9.00. The van der Waals surface area contributed by atoms with Gasteiger partial charge in [0.2, 0.25) is 0 Å². The third-order valence-electron chi connectivity index (χ3n) is 5.00. The SMILES string of the molecule is COc1ccc(CCOc2ccc(C3OCC[C@H]3C)cc2OC)cc1OC. The molecule has 0 spiro atoms. The van der Waals surface area contributed by atoms with Crippen molar-refractivity contribution in [3.05, 3.63) is 47.5 Å². The predicted octanol–water partition coefficient (Wildman–Crippen LogP) is 4.43. The van der Waals surface area contributed by atoms with Gasteiger partial charge in [0.1, 0.15) is 0 Å². The van der Waals surface area contributed by atoms with E-state index >= 15 is 0 Å². The molecule has 0 aromatic heterocycles. The van der Waals surface area contributed by atoms with E-state index in [0.29, 0.717) is 12.5 Å². The quantitative estimate of drug-likeness (QED) is 0.686. The number of rotatable bonds is 8. The van der Waals surface area contributed by atoms with Crippen LogP contribution in [-0.2, 0) is 11.2 Å². The van der Waals surface area contributed by atoms with Gasteiger partial charge in [-0.25, -0.2) is 0 Å². The molecule has 146 valence electrons. The van der Waals surface area contributed by atoms with E-state index in [4.69, 9.17) is 23.7 Å². The predicted molar refractivity (Wildman–Crippen MR) is 104 cm³/mol. The normalized spacial score (nSPS) is 19.0. The van der Waals surface area contributed by atoms with Crippen LogP contribution in [0.4, 0.5) is 0 Å². The summed E-state index contributed by atoms with van der Waals surface area (Å²) in [5, 5.41) is 0. The average molecular weight is 372 g/mol. The lowest BCUT2D eigenvalue weighted by atomic mass is 9.97. The van der Waals surface area contributed by atoms with Gasteiger partial charge in [-0.3, -0.25) is 0 Å². The van der Waals surface area contributed by atoms with Crippen LogP contribution in [-0.4, -0.2) is 34.5 Å². The van der Waals surface area contributed by atoms with E-state index in [0.717, 1.165) is 53.6 Å². The van der Waals surface area contributed by atoms with Gasteiger partial charge < -0.3 is 23.7 Å². The van der Waals surface area contributed by atoms with Gasteiger partial charge in [-0.15, -0.1) is 0 Å². The molecule has 1 heterocycles. The maximum Gasteiger partial charge on any atom is 0.161 e. The van der Waals surface area contributed by atoms with E-state index in [2.05, 4.69) is 13.0 Å². The molecule has 2 aromatic carbocycles. The molecule has 1 saturated heterocycles. The molecule has 0 bridgehead atoms. The highest BCUT2D eigenvalue weighted by molar-refractivity contribution is 5.44. The van der Waals surface area contributed by atoms with Crippen molar-refractivity contribution < 1.29 is 23.7 Å². The second-order valence-electron chi connectivity index (χ2n) is 6.76. The average Bonchev–Trinajstić information content (AvgIpc) is 3.13. The van der Waals surface area contributed by atoms with E-state index in [9.17, 15) is 0 Å². The van der Waals surface area contributed by atoms with Crippen LogP contribution in [0.3, 0.4) is 0 Å². The van der Waals surface area contributed by atoms with Crippen molar-refractivity contribution in [2.24, 2.45) is 5.92 Å². The largest absolute Gasteiger partial charge is 0.493 e. The van der Waals surface area contributed by atoms with Gasteiger partial charge in [-0.05, 0) is 47.7 Å². The Kier molecular flexibility index (Phi) is 6.45. The van der Waals surface area contributed by atoms with E-state index in [-0.39, 0.29) is 6.10 Å². The molecule has 0 aliphatic carbocycles. The molecule has 2 aromatic rings. The van der Waals surface area contributed by atoms with Crippen LogP contribution in [0.25, 0.3) is 0 Å². The minimum Gasteiger partial charge on any atom is -0.493 e. The van der Waals surface area contributed by atoms with Crippen molar-refractivity contribution in [3.63, 3.8) is 0 Å². The van der Waals surface area contributed by atoms with Gasteiger partial charge in [0.15, 0.2) is 23.0 Å². The zero-order chi connectivity index (χ0) is 19.2. The first-order valence-electron chi connectivity index (χ1n) is 9.29. The minimum absolute atomic E-state index is 0.139. The standard InChI is InChI=1S/C22H28O5/c1-15-9-11-27-22(15)17-6-8-19(21(14-17)25-4)26-12-10-16-5-7-18(23-2)20(13-16)24-3/h5-8,13-15,22H,9-12H2,1-4H3/t15-,22?/m1/s1. The molecular formula is C22H28O5. The van der Waals surface area contributed by atoms with Crippen molar-refractivity contribution in [1.82, 2.24) is 0 Å². The Bertz CT molecular complexity index is 758. The molecule has 1 unspecified atom stereocenters. The highest BCUT2D eigenvalue weighted by Crippen LogP contribution is 2.38. The molecule has 0 amide bonds. The lowest BCUT2D eigenvalue weighted by molar-refractivity contribution is 0.0942. The Morgan fingerprint density at radius 1 is 0.889 bits per heavy atom. The zero-order valence-corrected chi connectivity index (χ0v) is 16.5. The highest BCUT2D eigenvalue weighted by atomic mass is 16.5. The van der Waals surface area contributed by atoms with Crippen molar-refractivity contribution >= 4 is 0 Å². The van der Waals surface area contributed by atoms with Gasteiger partial charge in [0.05, 0.1) is 34.0 Å². The molecule has 2 atom stereocenters. The first-order valence-corrected chi connectivity index (χ1v) is 9.29. The fourth-order valence-corrected chi connectivity index (χ4v) is 3.42. The van der Waals surface area contributed by atoms with Gasteiger partial charge in [0.25, 0.3) is 0 Å². The Morgan fingerprint density at radius 2 is 1.59 bits per heavy atom. The summed E-state index contributed by atoms with van der Waals surface area (Å²) >= 11 is 0. The molecule has 0 radical (unpaired) electrons. The summed E-state index contributed by atoms with van der Waals surface area (Å²) < 4.78 is 28.0. The summed E-state index contributed by atoms with van der Waals surface area (Å²) in [4.78, 5) is 0.